The molecule has 0 saturated heterocycles. The molecule has 150 valence electrons. The Morgan fingerprint density at radius 3 is 2.87 bits per heavy atom. The molecule has 6 nitrogen and oxygen atoms in total. The van der Waals surface area contributed by atoms with Crippen LogP contribution in [0.4, 0.5) is 17.5 Å². The zero-order valence-corrected chi connectivity index (χ0v) is 16.9. The van der Waals surface area contributed by atoms with Gasteiger partial charge in [-0.25, -0.2) is 4.98 Å². The summed E-state index contributed by atoms with van der Waals surface area (Å²) in [5.41, 5.74) is 5.00. The number of hydrogen-bond acceptors (Lipinski definition) is 6. The third kappa shape index (κ3) is 3.33. The van der Waals surface area contributed by atoms with Crippen LogP contribution in [0.25, 0.3) is 0 Å². The summed E-state index contributed by atoms with van der Waals surface area (Å²) in [6.07, 6.45) is 2.87. The van der Waals surface area contributed by atoms with Gasteiger partial charge in [-0.3, -0.25) is 0 Å². The first-order chi connectivity index (χ1) is 14.7. The zero-order chi connectivity index (χ0) is 20.5. The summed E-state index contributed by atoms with van der Waals surface area (Å²) in [5.74, 6) is 2.45. The average molecular weight is 397 g/mol. The topological polar surface area (TPSA) is 74.1 Å². The first-order valence-corrected chi connectivity index (χ1v) is 10.3. The minimum atomic E-state index is 0.282. The van der Waals surface area contributed by atoms with E-state index < -0.39 is 0 Å². The molecule has 1 aliphatic carbocycles. The van der Waals surface area contributed by atoms with Gasteiger partial charge in [0.05, 0.1) is 17.9 Å². The number of anilines is 3. The Hall–Kier alpha value is -3.59. The Labute approximate surface area is 176 Å². The summed E-state index contributed by atoms with van der Waals surface area (Å²) >= 11 is 0. The highest BCUT2D eigenvalue weighted by atomic mass is 16.5. The number of hydrogen-bond donors (Lipinski definition) is 1. The van der Waals surface area contributed by atoms with E-state index in [1.807, 2.05) is 12.1 Å². The smallest absolute Gasteiger partial charge is 0.229 e. The minimum Gasteiger partial charge on any atom is -0.492 e. The van der Waals surface area contributed by atoms with Crippen LogP contribution < -0.4 is 15.0 Å². The van der Waals surface area contributed by atoms with Crippen molar-refractivity contribution >= 4 is 17.5 Å². The number of ether oxygens (including phenoxy) is 1. The molecule has 2 aliphatic rings. The van der Waals surface area contributed by atoms with Crippen LogP contribution >= 0.6 is 0 Å². The second-order valence-corrected chi connectivity index (χ2v) is 7.81. The Kier molecular flexibility index (Phi) is 4.72. The highest BCUT2D eigenvalue weighted by Crippen LogP contribution is 2.41. The minimum absolute atomic E-state index is 0.282. The van der Waals surface area contributed by atoms with E-state index in [-0.39, 0.29) is 5.92 Å². The van der Waals surface area contributed by atoms with Crippen LogP contribution in [0, 0.1) is 11.3 Å². The molecule has 3 aromatic rings. The fourth-order valence-corrected chi connectivity index (χ4v) is 4.35. The van der Waals surface area contributed by atoms with Crippen molar-refractivity contribution in [1.82, 2.24) is 9.97 Å². The molecule has 1 aromatic heterocycles. The van der Waals surface area contributed by atoms with Crippen LogP contribution in [0.1, 0.15) is 41.1 Å². The summed E-state index contributed by atoms with van der Waals surface area (Å²) in [6, 6.07) is 18.3. The fraction of sp³-hybridized carbons (Fsp3) is 0.292. The molecule has 2 heterocycles. The van der Waals surface area contributed by atoms with Gasteiger partial charge in [0.2, 0.25) is 5.95 Å². The third-order valence-corrected chi connectivity index (χ3v) is 5.85. The molecular weight excluding hydrogens is 374 g/mol. The molecule has 30 heavy (non-hydrogen) atoms. The second-order valence-electron chi connectivity index (χ2n) is 7.81. The van der Waals surface area contributed by atoms with Crippen LogP contribution in [0.3, 0.4) is 0 Å². The van der Waals surface area contributed by atoms with Crippen molar-refractivity contribution in [3.63, 3.8) is 0 Å². The van der Waals surface area contributed by atoms with E-state index in [2.05, 4.69) is 53.7 Å². The maximum absolute atomic E-state index is 9.37. The summed E-state index contributed by atoms with van der Waals surface area (Å²) in [6.45, 7) is 1.37. The Balaban J connectivity index is 1.61. The van der Waals surface area contributed by atoms with Crippen molar-refractivity contribution in [3.8, 4) is 11.8 Å². The van der Waals surface area contributed by atoms with Crippen molar-refractivity contribution in [2.75, 3.05) is 30.4 Å². The normalized spacial score (nSPS) is 17.6. The number of fused-ring (bicyclic) bond motifs is 6. The van der Waals surface area contributed by atoms with Crippen LogP contribution in [-0.4, -0.2) is 30.2 Å². The van der Waals surface area contributed by atoms with E-state index in [1.54, 1.807) is 6.07 Å². The summed E-state index contributed by atoms with van der Waals surface area (Å²) in [5, 5.41) is 12.7. The molecule has 1 unspecified atom stereocenters. The van der Waals surface area contributed by atoms with Gasteiger partial charge in [0.15, 0.2) is 0 Å². The number of benzene rings is 2. The van der Waals surface area contributed by atoms with Crippen LogP contribution in [0.5, 0.6) is 5.75 Å². The second kappa shape index (κ2) is 7.68. The molecule has 0 amide bonds. The zero-order valence-electron chi connectivity index (χ0n) is 16.9. The van der Waals surface area contributed by atoms with Gasteiger partial charge in [-0.15, -0.1) is 0 Å². The maximum atomic E-state index is 9.37. The fourth-order valence-electron chi connectivity index (χ4n) is 4.35. The molecule has 0 spiro atoms. The molecule has 2 aromatic carbocycles. The standard InChI is InChI=1S/C24H23N5O/c1-29-12-5-13-30-21-14-18(9-8-17(21)15-25)26-24-27-22-19(16-6-3-2-4-7-16)10-11-20(22)23(29)28-24/h2-4,6-9,14,19H,5,10-13H2,1H3,(H,26,27,28). The van der Waals surface area contributed by atoms with Crippen molar-refractivity contribution in [2.45, 2.75) is 25.2 Å². The van der Waals surface area contributed by atoms with Gasteiger partial charge in [-0.05, 0) is 37.0 Å². The number of nitriles is 1. The lowest BCUT2D eigenvalue weighted by Crippen LogP contribution is -2.24. The lowest BCUT2D eigenvalue weighted by molar-refractivity contribution is 0.311. The van der Waals surface area contributed by atoms with Crippen molar-refractivity contribution in [1.29, 1.82) is 5.26 Å². The molecule has 1 atom stereocenters. The maximum Gasteiger partial charge on any atom is 0.229 e. The number of nitrogens with zero attached hydrogens (tertiary/aromatic N) is 4. The summed E-state index contributed by atoms with van der Waals surface area (Å²) in [7, 11) is 2.08. The highest BCUT2D eigenvalue weighted by molar-refractivity contribution is 5.63. The summed E-state index contributed by atoms with van der Waals surface area (Å²) in [4.78, 5) is 12.0. The number of rotatable bonds is 1. The summed E-state index contributed by atoms with van der Waals surface area (Å²) < 4.78 is 5.89. The van der Waals surface area contributed by atoms with E-state index in [4.69, 9.17) is 14.7 Å². The molecule has 0 saturated carbocycles. The van der Waals surface area contributed by atoms with Gasteiger partial charge >= 0.3 is 0 Å². The highest BCUT2D eigenvalue weighted by Gasteiger charge is 2.30. The Morgan fingerprint density at radius 1 is 1.17 bits per heavy atom. The van der Waals surface area contributed by atoms with E-state index in [0.29, 0.717) is 23.9 Å². The van der Waals surface area contributed by atoms with Gasteiger partial charge in [-0.1, -0.05) is 30.3 Å². The first kappa shape index (κ1) is 18.4. The van der Waals surface area contributed by atoms with Crippen LogP contribution in [-0.2, 0) is 6.42 Å². The van der Waals surface area contributed by atoms with E-state index in [0.717, 1.165) is 43.0 Å². The largest absolute Gasteiger partial charge is 0.492 e. The average Bonchev–Trinajstić information content (AvgIpc) is 3.20. The van der Waals surface area contributed by atoms with Gasteiger partial charge < -0.3 is 15.0 Å². The Bertz CT molecular complexity index is 1120. The molecule has 0 fully saturated rings. The number of aromatic nitrogens is 2. The third-order valence-electron chi connectivity index (χ3n) is 5.85. The van der Waals surface area contributed by atoms with E-state index in [9.17, 15) is 5.26 Å². The van der Waals surface area contributed by atoms with Crippen molar-refractivity contribution < 1.29 is 4.74 Å². The molecule has 1 aliphatic heterocycles. The number of nitrogens with one attached hydrogen (secondary N) is 1. The molecule has 1 N–H and O–H groups in total. The van der Waals surface area contributed by atoms with Crippen LogP contribution in [0.2, 0.25) is 0 Å². The molecule has 6 heteroatoms. The lowest BCUT2D eigenvalue weighted by Gasteiger charge is -2.23. The predicted molar refractivity (Wildman–Crippen MR) is 116 cm³/mol. The molecule has 4 bridgehead atoms. The van der Waals surface area contributed by atoms with Gasteiger partial charge in [0, 0.05) is 36.8 Å². The predicted octanol–water partition coefficient (Wildman–Crippen LogP) is 4.39. The monoisotopic (exact) mass is 397 g/mol. The van der Waals surface area contributed by atoms with Crippen molar-refractivity contribution in [3.05, 3.63) is 70.9 Å². The van der Waals surface area contributed by atoms with E-state index in [1.165, 1.54) is 11.1 Å². The lowest BCUT2D eigenvalue weighted by atomic mass is 9.97. The van der Waals surface area contributed by atoms with Gasteiger partial charge in [0.1, 0.15) is 17.6 Å². The van der Waals surface area contributed by atoms with Gasteiger partial charge in [0.25, 0.3) is 0 Å². The Morgan fingerprint density at radius 2 is 2.03 bits per heavy atom. The molecule has 0 radical (unpaired) electrons. The quantitative estimate of drug-likeness (QED) is 0.656. The SMILES string of the molecule is CN1CCCOc2cc(ccc2C#N)Nc2nc3c(c1n2)CCC3c1ccccc1. The first-order valence-electron chi connectivity index (χ1n) is 10.3. The molecular formula is C24H23N5O. The van der Waals surface area contributed by atoms with Crippen LogP contribution in [0.15, 0.2) is 48.5 Å². The molecule has 5 rings (SSSR count). The van der Waals surface area contributed by atoms with Gasteiger partial charge in [-0.2, -0.15) is 10.2 Å². The van der Waals surface area contributed by atoms with Crippen molar-refractivity contribution in [2.24, 2.45) is 0 Å². The van der Waals surface area contributed by atoms with E-state index >= 15 is 0 Å².